The monoisotopic (exact) mass is 318 g/mol. The van der Waals surface area contributed by atoms with Gasteiger partial charge in [0.15, 0.2) is 0 Å². The number of anilines is 1. The molecule has 1 amide bonds. The number of rotatable bonds is 4. The number of nitrogens with zero attached hydrogens (tertiary/aromatic N) is 2. The molecular weight excluding hydrogens is 296 g/mol. The third kappa shape index (κ3) is 3.46. The van der Waals surface area contributed by atoms with E-state index in [4.69, 9.17) is 0 Å². The van der Waals surface area contributed by atoms with Gasteiger partial charge < -0.3 is 4.90 Å². The molecular formula is C21H22N2O. The predicted molar refractivity (Wildman–Crippen MR) is 99.4 cm³/mol. The molecule has 0 N–H and O–H groups in total. The summed E-state index contributed by atoms with van der Waals surface area (Å²) in [7, 11) is 0. The van der Waals surface area contributed by atoms with Crippen LogP contribution in [-0.2, 0) is 11.2 Å². The van der Waals surface area contributed by atoms with Crippen molar-refractivity contribution in [1.82, 2.24) is 4.98 Å². The molecule has 122 valence electrons. The molecule has 0 radical (unpaired) electrons. The predicted octanol–water partition coefficient (Wildman–Crippen LogP) is 4.45. The van der Waals surface area contributed by atoms with Crippen LogP contribution in [-0.4, -0.2) is 17.4 Å². The van der Waals surface area contributed by atoms with Crippen LogP contribution in [0.4, 0.5) is 5.69 Å². The number of carbonyl (C=O) groups is 1. The molecule has 3 rings (SSSR count). The number of aryl methyl sites for hydroxylation is 2. The van der Waals surface area contributed by atoms with Gasteiger partial charge in [-0.1, -0.05) is 41.5 Å². The van der Waals surface area contributed by atoms with Crippen molar-refractivity contribution in [1.29, 1.82) is 0 Å². The van der Waals surface area contributed by atoms with Crippen LogP contribution in [0.3, 0.4) is 0 Å². The summed E-state index contributed by atoms with van der Waals surface area (Å²) in [5.41, 5.74) is 5.50. The van der Waals surface area contributed by atoms with E-state index in [1.54, 1.807) is 13.1 Å². The molecule has 0 aliphatic carbocycles. The largest absolute Gasteiger partial charge is 0.312 e. The van der Waals surface area contributed by atoms with Gasteiger partial charge >= 0.3 is 0 Å². The van der Waals surface area contributed by atoms with Gasteiger partial charge in [-0.25, -0.2) is 0 Å². The van der Waals surface area contributed by atoms with E-state index in [1.165, 1.54) is 16.7 Å². The number of hydrogen-bond donors (Lipinski definition) is 0. The zero-order chi connectivity index (χ0) is 17.1. The highest BCUT2D eigenvalue weighted by molar-refractivity contribution is 6.01. The lowest BCUT2D eigenvalue weighted by Gasteiger charge is -2.23. The van der Waals surface area contributed by atoms with Crippen LogP contribution in [0.5, 0.6) is 0 Å². The van der Waals surface area contributed by atoms with Crippen LogP contribution < -0.4 is 4.90 Å². The maximum atomic E-state index is 12.3. The minimum Gasteiger partial charge on any atom is -0.312 e. The Morgan fingerprint density at radius 3 is 2.42 bits per heavy atom. The Hall–Kier alpha value is -2.68. The van der Waals surface area contributed by atoms with E-state index in [-0.39, 0.29) is 5.91 Å². The Morgan fingerprint density at radius 1 is 1.00 bits per heavy atom. The van der Waals surface area contributed by atoms with E-state index in [1.807, 2.05) is 23.1 Å². The molecule has 0 saturated carbocycles. The van der Waals surface area contributed by atoms with Crippen LogP contribution >= 0.6 is 0 Å². The fourth-order valence-electron chi connectivity index (χ4n) is 2.92. The Balaban J connectivity index is 1.92. The minimum atomic E-state index is 0.0520. The highest BCUT2D eigenvalue weighted by Gasteiger charge is 2.15. The van der Waals surface area contributed by atoms with Crippen molar-refractivity contribution in [2.45, 2.75) is 27.2 Å². The summed E-state index contributed by atoms with van der Waals surface area (Å²) in [4.78, 5) is 18.5. The van der Waals surface area contributed by atoms with E-state index in [0.29, 0.717) is 6.54 Å². The first-order valence-corrected chi connectivity index (χ1v) is 8.23. The summed E-state index contributed by atoms with van der Waals surface area (Å²) in [6.45, 7) is 6.42. The summed E-state index contributed by atoms with van der Waals surface area (Å²) in [5.74, 6) is 0.0520. The average Bonchev–Trinajstić information content (AvgIpc) is 2.56. The van der Waals surface area contributed by atoms with E-state index < -0.39 is 0 Å². The van der Waals surface area contributed by atoms with Crippen molar-refractivity contribution < 1.29 is 4.79 Å². The van der Waals surface area contributed by atoms with Crippen LogP contribution in [0.25, 0.3) is 10.9 Å². The van der Waals surface area contributed by atoms with Crippen molar-refractivity contribution >= 4 is 22.5 Å². The van der Waals surface area contributed by atoms with Gasteiger partial charge in [-0.2, -0.15) is 0 Å². The lowest BCUT2D eigenvalue weighted by atomic mass is 10.1. The Morgan fingerprint density at radius 2 is 1.71 bits per heavy atom. The van der Waals surface area contributed by atoms with Crippen molar-refractivity contribution in [3.8, 4) is 0 Å². The first kappa shape index (κ1) is 16.2. The van der Waals surface area contributed by atoms with Gasteiger partial charge in [0.2, 0.25) is 5.91 Å². The molecule has 1 aromatic heterocycles. The van der Waals surface area contributed by atoms with Gasteiger partial charge in [0.1, 0.15) is 0 Å². The summed E-state index contributed by atoms with van der Waals surface area (Å²) in [6.07, 6.45) is 2.60. The first-order chi connectivity index (χ1) is 11.5. The van der Waals surface area contributed by atoms with Gasteiger partial charge in [0.25, 0.3) is 0 Å². The van der Waals surface area contributed by atoms with Crippen LogP contribution in [0.15, 0.2) is 54.7 Å². The molecule has 0 aliphatic heterocycles. The SMILES string of the molecule is CC(=O)N(CCc1ccc(C)cc1)c1ccnc2ccc(C)cc12. The molecule has 0 bridgehead atoms. The van der Waals surface area contributed by atoms with Crippen LogP contribution in [0.1, 0.15) is 23.6 Å². The van der Waals surface area contributed by atoms with Gasteiger partial charge in [-0.05, 0) is 44.0 Å². The van der Waals surface area contributed by atoms with Gasteiger partial charge in [-0.15, -0.1) is 0 Å². The number of pyridine rings is 1. The number of benzene rings is 2. The van der Waals surface area contributed by atoms with Crippen molar-refractivity contribution in [2.24, 2.45) is 0 Å². The van der Waals surface area contributed by atoms with E-state index >= 15 is 0 Å². The van der Waals surface area contributed by atoms with E-state index in [2.05, 4.69) is 49.2 Å². The molecule has 0 aliphatic rings. The summed E-state index contributed by atoms with van der Waals surface area (Å²) in [5, 5.41) is 1.02. The molecule has 0 atom stereocenters. The minimum absolute atomic E-state index is 0.0520. The Kier molecular flexibility index (Phi) is 4.61. The summed E-state index contributed by atoms with van der Waals surface area (Å²) in [6, 6.07) is 16.6. The summed E-state index contributed by atoms with van der Waals surface area (Å²) < 4.78 is 0. The lowest BCUT2D eigenvalue weighted by molar-refractivity contribution is -0.116. The Labute approximate surface area is 143 Å². The number of hydrogen-bond acceptors (Lipinski definition) is 2. The normalized spacial score (nSPS) is 10.8. The highest BCUT2D eigenvalue weighted by Crippen LogP contribution is 2.26. The molecule has 24 heavy (non-hydrogen) atoms. The molecule has 1 heterocycles. The second-order valence-electron chi connectivity index (χ2n) is 6.26. The van der Waals surface area contributed by atoms with Crippen molar-refractivity contribution in [2.75, 3.05) is 11.4 Å². The smallest absolute Gasteiger partial charge is 0.223 e. The van der Waals surface area contributed by atoms with Crippen LogP contribution in [0, 0.1) is 13.8 Å². The molecule has 2 aromatic carbocycles. The fourth-order valence-corrected chi connectivity index (χ4v) is 2.92. The van der Waals surface area contributed by atoms with E-state index in [9.17, 15) is 4.79 Å². The topological polar surface area (TPSA) is 33.2 Å². The zero-order valence-electron chi connectivity index (χ0n) is 14.4. The second-order valence-corrected chi connectivity index (χ2v) is 6.26. The molecule has 0 fully saturated rings. The van der Waals surface area contributed by atoms with Gasteiger partial charge in [0, 0.05) is 25.1 Å². The van der Waals surface area contributed by atoms with Crippen molar-refractivity contribution in [3.63, 3.8) is 0 Å². The average molecular weight is 318 g/mol. The van der Waals surface area contributed by atoms with E-state index in [0.717, 1.165) is 23.0 Å². The standard InChI is InChI=1S/C21H22N2O/c1-15-4-7-18(8-5-15)11-13-23(17(3)24)21-10-12-22-20-9-6-16(2)14-19(20)21/h4-10,12,14H,11,13H2,1-3H3. The Bertz CT molecular complexity index is 869. The fraction of sp³-hybridized carbons (Fsp3) is 0.238. The second kappa shape index (κ2) is 6.83. The number of aromatic nitrogens is 1. The summed E-state index contributed by atoms with van der Waals surface area (Å²) >= 11 is 0. The third-order valence-electron chi connectivity index (χ3n) is 4.29. The van der Waals surface area contributed by atoms with Crippen LogP contribution in [0.2, 0.25) is 0 Å². The maximum Gasteiger partial charge on any atom is 0.223 e. The number of amides is 1. The van der Waals surface area contributed by atoms with Gasteiger partial charge in [-0.3, -0.25) is 9.78 Å². The molecule has 3 nitrogen and oxygen atoms in total. The molecule has 0 saturated heterocycles. The lowest BCUT2D eigenvalue weighted by Crippen LogP contribution is -2.30. The number of fused-ring (bicyclic) bond motifs is 1. The molecule has 3 heteroatoms. The first-order valence-electron chi connectivity index (χ1n) is 8.23. The number of carbonyl (C=O) groups excluding carboxylic acids is 1. The van der Waals surface area contributed by atoms with Gasteiger partial charge in [0.05, 0.1) is 11.2 Å². The molecule has 0 unspecified atom stereocenters. The highest BCUT2D eigenvalue weighted by atomic mass is 16.2. The van der Waals surface area contributed by atoms with Crippen molar-refractivity contribution in [3.05, 3.63) is 71.4 Å². The third-order valence-corrected chi connectivity index (χ3v) is 4.29. The quantitative estimate of drug-likeness (QED) is 0.712. The molecule has 0 spiro atoms. The maximum absolute atomic E-state index is 12.3. The molecule has 3 aromatic rings. The zero-order valence-corrected chi connectivity index (χ0v) is 14.4.